The lowest BCUT2D eigenvalue weighted by Crippen LogP contribution is -2.30. The second kappa shape index (κ2) is 67.3. The lowest BCUT2D eigenvalue weighted by Gasteiger charge is -2.21. The number of ether oxygens (including phenoxy) is 4. The van der Waals surface area contributed by atoms with Gasteiger partial charge in [0.2, 0.25) is 0 Å². The van der Waals surface area contributed by atoms with Crippen LogP contribution in [0.5, 0.6) is 0 Å². The molecule has 0 radical (unpaired) electrons. The van der Waals surface area contributed by atoms with Gasteiger partial charge in [-0.15, -0.1) is 0 Å². The predicted octanol–water partition coefficient (Wildman–Crippen LogP) is 21.7. The molecule has 2 unspecified atom stereocenters. The zero-order chi connectivity index (χ0) is 68.4. The highest BCUT2D eigenvalue weighted by molar-refractivity contribution is 7.47. The Morgan fingerprint density at radius 3 is 0.731 bits per heavy atom. The molecule has 0 aromatic carbocycles. The van der Waals surface area contributed by atoms with Crippen molar-refractivity contribution in [2.45, 2.75) is 406 Å². The van der Waals surface area contributed by atoms with Gasteiger partial charge in [0.25, 0.3) is 0 Å². The molecule has 0 spiro atoms. The summed E-state index contributed by atoms with van der Waals surface area (Å²) in [4.78, 5) is 72.6. The number of hydrogen-bond acceptors (Lipinski definition) is 15. The Kier molecular flexibility index (Phi) is 65.9. The fourth-order valence-electron chi connectivity index (χ4n) is 11.4. The van der Waals surface area contributed by atoms with E-state index in [0.29, 0.717) is 25.7 Å². The molecule has 0 saturated carbocycles. The third-order valence-electron chi connectivity index (χ3n) is 17.3. The molecule has 552 valence electrons. The Bertz CT molecular complexity index is 1790. The van der Waals surface area contributed by atoms with E-state index in [4.69, 9.17) is 37.0 Å². The Morgan fingerprint density at radius 1 is 0.290 bits per heavy atom. The molecule has 0 bridgehead atoms. The second-order valence-corrected chi connectivity index (χ2v) is 30.1. The topological polar surface area (TPSA) is 237 Å². The molecule has 19 heteroatoms. The van der Waals surface area contributed by atoms with Gasteiger partial charge in [-0.2, -0.15) is 0 Å². The molecule has 0 aliphatic carbocycles. The summed E-state index contributed by atoms with van der Waals surface area (Å²) in [6.45, 7) is 7.27. The van der Waals surface area contributed by atoms with Gasteiger partial charge in [0.15, 0.2) is 12.2 Å². The first-order chi connectivity index (χ1) is 45.0. The maximum atomic E-state index is 13.1. The first-order valence-electron chi connectivity index (χ1n) is 38.6. The zero-order valence-electron chi connectivity index (χ0n) is 60.4. The van der Waals surface area contributed by atoms with Crippen molar-refractivity contribution in [1.82, 2.24) is 0 Å². The fourth-order valence-corrected chi connectivity index (χ4v) is 12.9. The van der Waals surface area contributed by atoms with Crippen molar-refractivity contribution in [3.8, 4) is 0 Å². The highest BCUT2D eigenvalue weighted by Crippen LogP contribution is 2.45. The SMILES string of the molecule is CCCCCCCCCCCCCCCCCCCCCC(=O)O[C@H](COC(=O)CCCCCCCCCCCCCCC(C)C)COP(=O)(O)OC[C@@H](O)COP(=O)(O)OC[C@@H](COC(=O)CCCCCCCCCCC)OC(=O)CCCCCCCCCCCC. The molecule has 0 rings (SSSR count). The van der Waals surface area contributed by atoms with E-state index in [9.17, 15) is 43.2 Å². The average molecular weight is 1370 g/mol. The van der Waals surface area contributed by atoms with Crippen LogP contribution < -0.4 is 0 Å². The summed E-state index contributed by atoms with van der Waals surface area (Å²) in [5.41, 5.74) is 0. The van der Waals surface area contributed by atoms with Crippen LogP contribution in [0.4, 0.5) is 0 Å². The quantitative estimate of drug-likeness (QED) is 0.0222. The molecular weight excluding hydrogens is 1220 g/mol. The van der Waals surface area contributed by atoms with Crippen LogP contribution >= 0.6 is 15.6 Å². The van der Waals surface area contributed by atoms with E-state index < -0.39 is 97.5 Å². The fraction of sp³-hybridized carbons (Fsp3) is 0.946. The van der Waals surface area contributed by atoms with Crippen molar-refractivity contribution in [2.24, 2.45) is 5.92 Å². The number of carbonyl (C=O) groups excluding carboxylic acids is 4. The number of unbranched alkanes of at least 4 members (excludes halogenated alkanes) is 46. The summed E-state index contributed by atoms with van der Waals surface area (Å²) < 4.78 is 68.4. The van der Waals surface area contributed by atoms with Crippen LogP contribution in [0, 0.1) is 5.92 Å². The van der Waals surface area contributed by atoms with Gasteiger partial charge >= 0.3 is 39.5 Å². The Balaban J connectivity index is 5.20. The Morgan fingerprint density at radius 2 is 0.495 bits per heavy atom. The molecule has 3 N–H and O–H groups in total. The lowest BCUT2D eigenvalue weighted by molar-refractivity contribution is -0.161. The van der Waals surface area contributed by atoms with Crippen LogP contribution in [0.1, 0.15) is 388 Å². The number of rotatable bonds is 74. The summed E-state index contributed by atoms with van der Waals surface area (Å²) in [6, 6.07) is 0. The van der Waals surface area contributed by atoms with Gasteiger partial charge in [-0.25, -0.2) is 9.13 Å². The van der Waals surface area contributed by atoms with Gasteiger partial charge in [0, 0.05) is 25.7 Å². The van der Waals surface area contributed by atoms with Gasteiger partial charge in [0.05, 0.1) is 26.4 Å². The molecule has 0 fully saturated rings. The van der Waals surface area contributed by atoms with E-state index in [2.05, 4.69) is 34.6 Å². The standard InChI is InChI=1S/C74H144O17P2/c1-6-9-12-15-18-21-23-24-25-26-27-28-29-30-35-40-45-50-55-60-74(79)91-70(64-85-72(77)58-53-48-43-39-34-32-31-33-37-41-46-51-56-67(4)5)66-89-93(82,83)87-62-68(75)61-86-92(80,81)88-65-69(63-84-71(76)57-52-47-42-36-20-17-14-11-8-3)90-73(78)59-54-49-44-38-22-19-16-13-10-7-2/h67-70,75H,6-66H2,1-5H3,(H,80,81)(H,82,83)/t68-,69+,70+/m0/s1. The van der Waals surface area contributed by atoms with E-state index in [1.807, 2.05) is 0 Å². The van der Waals surface area contributed by atoms with Crippen LogP contribution in [0.2, 0.25) is 0 Å². The summed E-state index contributed by atoms with van der Waals surface area (Å²) in [5, 5.41) is 10.6. The molecule has 5 atom stereocenters. The van der Waals surface area contributed by atoms with E-state index >= 15 is 0 Å². The third-order valence-corrected chi connectivity index (χ3v) is 19.2. The number of hydrogen-bond donors (Lipinski definition) is 3. The molecule has 0 aromatic heterocycles. The van der Waals surface area contributed by atoms with Crippen LogP contribution in [-0.4, -0.2) is 96.7 Å². The molecule has 93 heavy (non-hydrogen) atoms. The lowest BCUT2D eigenvalue weighted by atomic mass is 10.0. The number of aliphatic hydroxyl groups excluding tert-OH is 1. The Labute approximate surface area is 568 Å². The van der Waals surface area contributed by atoms with E-state index in [1.54, 1.807) is 0 Å². The normalized spacial score (nSPS) is 14.0. The minimum absolute atomic E-state index is 0.107. The van der Waals surface area contributed by atoms with Crippen LogP contribution in [-0.2, 0) is 65.4 Å². The van der Waals surface area contributed by atoms with Gasteiger partial charge in [-0.3, -0.25) is 37.3 Å². The van der Waals surface area contributed by atoms with Crippen molar-refractivity contribution in [2.75, 3.05) is 39.6 Å². The van der Waals surface area contributed by atoms with Crippen molar-refractivity contribution in [3.05, 3.63) is 0 Å². The van der Waals surface area contributed by atoms with Crippen LogP contribution in [0.25, 0.3) is 0 Å². The zero-order valence-corrected chi connectivity index (χ0v) is 62.2. The van der Waals surface area contributed by atoms with E-state index in [-0.39, 0.29) is 25.7 Å². The van der Waals surface area contributed by atoms with Crippen molar-refractivity contribution >= 4 is 39.5 Å². The van der Waals surface area contributed by atoms with E-state index in [1.165, 1.54) is 212 Å². The average Bonchev–Trinajstić information content (AvgIpc) is 2.93. The number of phosphoric acid groups is 2. The highest BCUT2D eigenvalue weighted by atomic mass is 31.2. The smallest absolute Gasteiger partial charge is 0.462 e. The van der Waals surface area contributed by atoms with Crippen LogP contribution in [0.15, 0.2) is 0 Å². The van der Waals surface area contributed by atoms with Gasteiger partial charge in [-0.05, 0) is 31.6 Å². The Hall–Kier alpha value is -1.94. The molecule has 0 amide bonds. The van der Waals surface area contributed by atoms with Crippen LogP contribution in [0.3, 0.4) is 0 Å². The molecular formula is C74H144O17P2. The molecule has 17 nitrogen and oxygen atoms in total. The molecule has 0 aromatic rings. The van der Waals surface area contributed by atoms with Gasteiger partial charge in [0.1, 0.15) is 19.3 Å². The highest BCUT2D eigenvalue weighted by Gasteiger charge is 2.30. The largest absolute Gasteiger partial charge is 0.472 e. The first-order valence-corrected chi connectivity index (χ1v) is 41.6. The number of aliphatic hydroxyl groups is 1. The predicted molar refractivity (Wildman–Crippen MR) is 377 cm³/mol. The summed E-state index contributed by atoms with van der Waals surface area (Å²) in [7, 11) is -9.90. The maximum Gasteiger partial charge on any atom is 0.472 e. The molecule has 0 aliphatic heterocycles. The third kappa shape index (κ3) is 68.4. The summed E-state index contributed by atoms with van der Waals surface area (Å²) in [6.07, 6.45) is 55.5. The maximum absolute atomic E-state index is 13.1. The molecule has 0 saturated heterocycles. The van der Waals surface area contributed by atoms with Crippen molar-refractivity contribution in [1.29, 1.82) is 0 Å². The molecule has 0 heterocycles. The first kappa shape index (κ1) is 91.1. The van der Waals surface area contributed by atoms with Gasteiger partial charge in [-0.1, -0.05) is 336 Å². The number of esters is 4. The van der Waals surface area contributed by atoms with Crippen molar-refractivity contribution < 1.29 is 80.2 Å². The number of phosphoric ester groups is 2. The molecule has 0 aliphatic rings. The number of carbonyl (C=O) groups is 4. The summed E-state index contributed by atoms with van der Waals surface area (Å²) >= 11 is 0. The summed E-state index contributed by atoms with van der Waals surface area (Å²) in [5.74, 6) is -1.34. The van der Waals surface area contributed by atoms with Gasteiger partial charge < -0.3 is 33.8 Å². The second-order valence-electron chi connectivity index (χ2n) is 27.2. The monoisotopic (exact) mass is 1370 g/mol. The van der Waals surface area contributed by atoms with E-state index in [0.717, 1.165) is 95.8 Å². The minimum Gasteiger partial charge on any atom is -0.462 e. The van der Waals surface area contributed by atoms with Crippen molar-refractivity contribution in [3.63, 3.8) is 0 Å². The minimum atomic E-state index is -4.95.